The van der Waals surface area contributed by atoms with Crippen molar-refractivity contribution in [1.82, 2.24) is 4.90 Å². The van der Waals surface area contributed by atoms with Gasteiger partial charge in [-0.05, 0) is 39.7 Å². The first-order valence-electron chi connectivity index (χ1n) is 7.25. The van der Waals surface area contributed by atoms with Crippen molar-refractivity contribution in [2.45, 2.75) is 39.4 Å². The molecule has 4 nitrogen and oxygen atoms in total. The Kier molecular flexibility index (Phi) is 8.59. The molecular weight excluding hydrogens is 230 g/mol. The van der Waals surface area contributed by atoms with Gasteiger partial charge in [0.05, 0.1) is 0 Å². The topological polar surface area (TPSA) is 30.9 Å². The predicted molar refractivity (Wildman–Crippen MR) is 72.7 cm³/mol. The zero-order chi connectivity index (χ0) is 13.2. The van der Waals surface area contributed by atoms with E-state index < -0.39 is 0 Å². The van der Waals surface area contributed by atoms with E-state index in [4.69, 9.17) is 14.2 Å². The number of hydrogen-bond acceptors (Lipinski definition) is 4. The van der Waals surface area contributed by atoms with Crippen LogP contribution < -0.4 is 0 Å². The highest BCUT2D eigenvalue weighted by Crippen LogP contribution is 2.15. The smallest absolute Gasteiger partial charge is 0.158 e. The van der Waals surface area contributed by atoms with Gasteiger partial charge in [-0.25, -0.2) is 0 Å². The van der Waals surface area contributed by atoms with Crippen molar-refractivity contribution >= 4 is 0 Å². The lowest BCUT2D eigenvalue weighted by Gasteiger charge is -2.28. The van der Waals surface area contributed by atoms with E-state index in [1.54, 1.807) is 0 Å². The lowest BCUT2D eigenvalue weighted by molar-refractivity contribution is -0.141. The molecule has 1 aliphatic heterocycles. The second-order valence-corrected chi connectivity index (χ2v) is 4.95. The first-order valence-corrected chi connectivity index (χ1v) is 7.25. The quantitative estimate of drug-likeness (QED) is 0.594. The Hall–Kier alpha value is -0.160. The van der Waals surface area contributed by atoms with Crippen LogP contribution in [0.3, 0.4) is 0 Å². The maximum Gasteiger partial charge on any atom is 0.158 e. The van der Waals surface area contributed by atoms with Gasteiger partial charge in [0.2, 0.25) is 0 Å². The van der Waals surface area contributed by atoms with Crippen LogP contribution in [0.25, 0.3) is 0 Å². The Morgan fingerprint density at radius 2 is 1.78 bits per heavy atom. The van der Waals surface area contributed by atoms with Crippen molar-refractivity contribution in [2.24, 2.45) is 5.92 Å². The molecule has 0 N–H and O–H groups in total. The van der Waals surface area contributed by atoms with Crippen LogP contribution in [0.15, 0.2) is 0 Å². The van der Waals surface area contributed by atoms with Crippen molar-refractivity contribution < 1.29 is 14.2 Å². The predicted octanol–water partition coefficient (Wildman–Crippen LogP) is 2.13. The summed E-state index contributed by atoms with van der Waals surface area (Å²) in [5, 5.41) is 0. The molecule has 4 heteroatoms. The van der Waals surface area contributed by atoms with Crippen LogP contribution in [0.1, 0.15) is 33.1 Å². The molecule has 0 atom stereocenters. The molecular formula is C14H29NO3. The lowest BCUT2D eigenvalue weighted by Crippen LogP contribution is -2.32. The summed E-state index contributed by atoms with van der Waals surface area (Å²) in [4.78, 5) is 2.39. The molecule has 0 radical (unpaired) electrons. The minimum atomic E-state index is -0.0443. The van der Waals surface area contributed by atoms with Crippen molar-refractivity contribution in [3.8, 4) is 0 Å². The van der Waals surface area contributed by atoms with E-state index in [0.717, 1.165) is 38.6 Å². The summed E-state index contributed by atoms with van der Waals surface area (Å²) in [7, 11) is 2.18. The van der Waals surface area contributed by atoms with Gasteiger partial charge < -0.3 is 19.1 Å². The highest BCUT2D eigenvalue weighted by molar-refractivity contribution is 4.67. The van der Waals surface area contributed by atoms with Crippen LogP contribution in [-0.2, 0) is 14.2 Å². The molecule has 0 aliphatic carbocycles. The van der Waals surface area contributed by atoms with E-state index in [9.17, 15) is 0 Å². The third-order valence-corrected chi connectivity index (χ3v) is 3.36. The van der Waals surface area contributed by atoms with Crippen molar-refractivity contribution in [3.63, 3.8) is 0 Å². The molecule has 1 heterocycles. The maximum atomic E-state index is 5.55. The molecule has 0 saturated carbocycles. The van der Waals surface area contributed by atoms with Gasteiger partial charge in [0.25, 0.3) is 0 Å². The SMILES string of the molecule is CCOC(CCN(C)CC1CCOCC1)OCC. The zero-order valence-corrected chi connectivity index (χ0v) is 12.2. The summed E-state index contributed by atoms with van der Waals surface area (Å²) >= 11 is 0. The third-order valence-electron chi connectivity index (χ3n) is 3.36. The average molecular weight is 259 g/mol. The van der Waals surface area contributed by atoms with Crippen LogP contribution in [0.4, 0.5) is 0 Å². The first-order chi connectivity index (χ1) is 8.76. The molecule has 1 rings (SSSR count). The van der Waals surface area contributed by atoms with Crippen molar-refractivity contribution in [3.05, 3.63) is 0 Å². The van der Waals surface area contributed by atoms with Gasteiger partial charge in [0.15, 0.2) is 6.29 Å². The molecule has 0 aromatic heterocycles. The van der Waals surface area contributed by atoms with Gasteiger partial charge in [-0.1, -0.05) is 0 Å². The van der Waals surface area contributed by atoms with Gasteiger partial charge >= 0.3 is 0 Å². The summed E-state index contributed by atoms with van der Waals surface area (Å²) in [6.07, 6.45) is 3.30. The number of rotatable bonds is 9. The first kappa shape index (κ1) is 15.9. The van der Waals surface area contributed by atoms with Crippen molar-refractivity contribution in [1.29, 1.82) is 0 Å². The number of ether oxygens (including phenoxy) is 3. The third kappa shape index (κ3) is 6.69. The fourth-order valence-electron chi connectivity index (χ4n) is 2.37. The molecule has 0 aromatic carbocycles. The summed E-state index contributed by atoms with van der Waals surface area (Å²) in [6.45, 7) is 9.51. The zero-order valence-electron chi connectivity index (χ0n) is 12.2. The average Bonchev–Trinajstić information content (AvgIpc) is 2.38. The molecule has 0 bridgehead atoms. The van der Waals surface area contributed by atoms with E-state index in [1.807, 2.05) is 13.8 Å². The number of hydrogen-bond donors (Lipinski definition) is 0. The molecule has 1 aliphatic rings. The largest absolute Gasteiger partial charge is 0.381 e. The molecule has 1 saturated heterocycles. The van der Waals surface area contributed by atoms with Gasteiger partial charge in [-0.15, -0.1) is 0 Å². The minimum absolute atomic E-state index is 0.0443. The molecule has 0 unspecified atom stereocenters. The fraction of sp³-hybridized carbons (Fsp3) is 1.00. The van der Waals surface area contributed by atoms with E-state index >= 15 is 0 Å². The lowest BCUT2D eigenvalue weighted by atomic mass is 10.00. The molecule has 0 aromatic rings. The second-order valence-electron chi connectivity index (χ2n) is 4.95. The Balaban J connectivity index is 2.15. The van der Waals surface area contributed by atoms with Crippen LogP contribution in [0, 0.1) is 5.92 Å². The van der Waals surface area contributed by atoms with E-state index in [2.05, 4.69) is 11.9 Å². The number of nitrogens with zero attached hydrogens (tertiary/aromatic N) is 1. The molecule has 108 valence electrons. The van der Waals surface area contributed by atoms with Gasteiger partial charge in [-0.2, -0.15) is 0 Å². The van der Waals surface area contributed by atoms with E-state index in [-0.39, 0.29) is 6.29 Å². The molecule has 0 amide bonds. The normalized spacial score (nSPS) is 17.8. The highest BCUT2D eigenvalue weighted by atomic mass is 16.7. The van der Waals surface area contributed by atoms with Crippen LogP contribution in [0.2, 0.25) is 0 Å². The molecule has 0 spiro atoms. The standard InChI is InChI=1S/C14H29NO3/c1-4-17-14(18-5-2)6-9-15(3)12-13-7-10-16-11-8-13/h13-14H,4-12H2,1-3H3. The summed E-state index contributed by atoms with van der Waals surface area (Å²) < 4.78 is 16.5. The van der Waals surface area contributed by atoms with E-state index in [1.165, 1.54) is 12.8 Å². The maximum absolute atomic E-state index is 5.55. The van der Waals surface area contributed by atoms with Gasteiger partial charge in [0.1, 0.15) is 0 Å². The minimum Gasteiger partial charge on any atom is -0.381 e. The Morgan fingerprint density at radius 3 is 2.33 bits per heavy atom. The summed E-state index contributed by atoms with van der Waals surface area (Å²) in [5.74, 6) is 0.793. The Labute approximate surface area is 112 Å². The second kappa shape index (κ2) is 9.73. The van der Waals surface area contributed by atoms with E-state index in [0.29, 0.717) is 13.2 Å². The fourth-order valence-corrected chi connectivity index (χ4v) is 2.37. The van der Waals surface area contributed by atoms with Crippen LogP contribution in [0.5, 0.6) is 0 Å². The van der Waals surface area contributed by atoms with Gasteiger partial charge in [-0.3, -0.25) is 0 Å². The van der Waals surface area contributed by atoms with Crippen molar-refractivity contribution in [2.75, 3.05) is 46.6 Å². The Bertz CT molecular complexity index is 189. The van der Waals surface area contributed by atoms with Gasteiger partial charge in [0, 0.05) is 45.9 Å². The van der Waals surface area contributed by atoms with Crippen LogP contribution >= 0.6 is 0 Å². The Morgan fingerprint density at radius 1 is 1.17 bits per heavy atom. The highest BCUT2D eigenvalue weighted by Gasteiger charge is 2.16. The molecule has 18 heavy (non-hydrogen) atoms. The monoisotopic (exact) mass is 259 g/mol. The molecule has 1 fully saturated rings. The van der Waals surface area contributed by atoms with Crippen LogP contribution in [-0.4, -0.2) is 57.8 Å². The summed E-state index contributed by atoms with van der Waals surface area (Å²) in [5.41, 5.74) is 0. The summed E-state index contributed by atoms with van der Waals surface area (Å²) in [6, 6.07) is 0.